The van der Waals surface area contributed by atoms with Crippen LogP contribution in [0.1, 0.15) is 61.6 Å². The summed E-state index contributed by atoms with van der Waals surface area (Å²) in [6, 6.07) is 16.3. The van der Waals surface area contributed by atoms with Crippen molar-refractivity contribution in [2.75, 3.05) is 0 Å². The summed E-state index contributed by atoms with van der Waals surface area (Å²) in [5.41, 5.74) is 4.25. The fraction of sp³-hybridized carbons (Fsp3) is 0.300. The van der Waals surface area contributed by atoms with Crippen LogP contribution in [-0.2, 0) is 28.0 Å². The van der Waals surface area contributed by atoms with Crippen molar-refractivity contribution < 1.29 is 19.4 Å². The van der Waals surface area contributed by atoms with Crippen molar-refractivity contribution in [2.45, 2.75) is 58.2 Å². The second kappa shape index (κ2) is 8.94. The smallest absolute Gasteiger partial charge is 0.295 e. The van der Waals surface area contributed by atoms with Crippen LogP contribution in [0.3, 0.4) is 0 Å². The number of amides is 1. The van der Waals surface area contributed by atoms with Gasteiger partial charge in [-0.05, 0) is 58.9 Å². The van der Waals surface area contributed by atoms with Crippen LogP contribution in [0, 0.1) is 0 Å². The third-order valence-electron chi connectivity index (χ3n) is 6.88. The van der Waals surface area contributed by atoms with Gasteiger partial charge in [-0.15, -0.1) is 0 Å². The SMILES string of the molecule is C[C@H]1Cc2cc(C(O)=C3C(=O)C(=O)N(Cc4cccnc4)[C@@H]3c3ccc(C(C)(C)C)cc3)ccc2O1. The van der Waals surface area contributed by atoms with Crippen molar-refractivity contribution in [3.05, 3.63) is 100 Å². The maximum atomic E-state index is 13.4. The number of benzene rings is 2. The molecule has 0 unspecified atom stereocenters. The van der Waals surface area contributed by atoms with Gasteiger partial charge in [-0.3, -0.25) is 14.6 Å². The summed E-state index contributed by atoms with van der Waals surface area (Å²) in [5, 5.41) is 11.4. The minimum atomic E-state index is -0.720. The molecule has 1 aromatic heterocycles. The second-order valence-corrected chi connectivity index (χ2v) is 10.6. The number of aliphatic hydroxyl groups excluding tert-OH is 1. The monoisotopic (exact) mass is 482 g/mol. The van der Waals surface area contributed by atoms with Crippen LogP contribution in [0.25, 0.3) is 5.76 Å². The van der Waals surface area contributed by atoms with Gasteiger partial charge in [0, 0.05) is 30.9 Å². The highest BCUT2D eigenvalue weighted by molar-refractivity contribution is 6.46. The van der Waals surface area contributed by atoms with E-state index in [2.05, 4.69) is 25.8 Å². The number of ether oxygens (including phenoxy) is 1. The van der Waals surface area contributed by atoms with Gasteiger partial charge in [0.15, 0.2) is 0 Å². The van der Waals surface area contributed by atoms with Gasteiger partial charge in [-0.2, -0.15) is 0 Å². The highest BCUT2D eigenvalue weighted by atomic mass is 16.5. The molecule has 0 aliphatic carbocycles. The Morgan fingerprint density at radius 2 is 1.86 bits per heavy atom. The molecule has 1 amide bonds. The van der Waals surface area contributed by atoms with E-state index in [1.807, 2.05) is 49.4 Å². The normalized spacial score (nSPS) is 20.9. The summed E-state index contributed by atoms with van der Waals surface area (Å²) in [5.74, 6) is -0.713. The molecule has 6 nitrogen and oxygen atoms in total. The van der Waals surface area contributed by atoms with Crippen molar-refractivity contribution >= 4 is 17.4 Å². The number of ketones is 1. The molecule has 0 spiro atoms. The first-order valence-corrected chi connectivity index (χ1v) is 12.2. The lowest BCUT2D eigenvalue weighted by Gasteiger charge is -2.26. The van der Waals surface area contributed by atoms with Crippen molar-refractivity contribution in [1.29, 1.82) is 0 Å². The largest absolute Gasteiger partial charge is 0.507 e. The third kappa shape index (κ3) is 4.28. The first kappa shape index (κ1) is 23.8. The molecule has 2 aromatic carbocycles. The number of hydrogen-bond acceptors (Lipinski definition) is 5. The molecule has 2 aliphatic heterocycles. The summed E-state index contributed by atoms with van der Waals surface area (Å²) < 4.78 is 5.78. The molecule has 3 aromatic rings. The van der Waals surface area contributed by atoms with E-state index in [4.69, 9.17) is 4.74 Å². The number of fused-ring (bicyclic) bond motifs is 1. The number of rotatable bonds is 4. The molecule has 5 rings (SSSR count). The maximum Gasteiger partial charge on any atom is 0.295 e. The van der Waals surface area contributed by atoms with E-state index in [0.29, 0.717) is 5.56 Å². The molecule has 1 N–H and O–H groups in total. The molecule has 1 fully saturated rings. The maximum absolute atomic E-state index is 13.4. The van der Waals surface area contributed by atoms with Gasteiger partial charge < -0.3 is 14.7 Å². The van der Waals surface area contributed by atoms with Crippen molar-refractivity contribution in [1.82, 2.24) is 9.88 Å². The fourth-order valence-electron chi connectivity index (χ4n) is 4.97. The summed E-state index contributed by atoms with van der Waals surface area (Å²) in [4.78, 5) is 32.3. The highest BCUT2D eigenvalue weighted by Gasteiger charge is 2.46. The zero-order chi connectivity index (χ0) is 25.6. The minimum Gasteiger partial charge on any atom is -0.507 e. The summed E-state index contributed by atoms with van der Waals surface area (Å²) in [6.07, 6.45) is 4.13. The second-order valence-electron chi connectivity index (χ2n) is 10.6. The lowest BCUT2D eigenvalue weighted by molar-refractivity contribution is -0.140. The first-order chi connectivity index (χ1) is 17.1. The standard InChI is InChI=1S/C30H30N2O4/c1-18-14-22-15-21(9-12-24(22)36-18)27(33)25-26(20-7-10-23(11-8-20)30(2,3)4)32(29(35)28(25)34)17-19-6-5-13-31-16-19/h5-13,15-16,18,26,33H,14,17H2,1-4H3/t18-,26+/m0/s1. The molecule has 3 heterocycles. The van der Waals surface area contributed by atoms with Crippen LogP contribution in [0.2, 0.25) is 0 Å². The van der Waals surface area contributed by atoms with E-state index in [-0.39, 0.29) is 29.4 Å². The quantitative estimate of drug-likeness (QED) is 0.309. The average Bonchev–Trinajstić information content (AvgIpc) is 3.35. The number of likely N-dealkylation sites (tertiary alicyclic amines) is 1. The number of carbonyl (C=O) groups excluding carboxylic acids is 2. The van der Waals surface area contributed by atoms with Crippen molar-refractivity contribution in [3.8, 4) is 5.75 Å². The van der Waals surface area contributed by atoms with Gasteiger partial charge in [0.25, 0.3) is 11.7 Å². The average molecular weight is 483 g/mol. The van der Waals surface area contributed by atoms with Crippen LogP contribution in [-0.4, -0.2) is 32.8 Å². The predicted octanol–water partition coefficient (Wildman–Crippen LogP) is 5.32. The Morgan fingerprint density at radius 3 is 2.53 bits per heavy atom. The molecule has 184 valence electrons. The molecular weight excluding hydrogens is 452 g/mol. The van der Waals surface area contributed by atoms with E-state index in [1.54, 1.807) is 24.5 Å². The van der Waals surface area contributed by atoms with Gasteiger partial charge in [-0.1, -0.05) is 51.1 Å². The number of pyridine rings is 1. The van der Waals surface area contributed by atoms with Crippen LogP contribution < -0.4 is 4.74 Å². The highest BCUT2D eigenvalue weighted by Crippen LogP contribution is 2.41. The van der Waals surface area contributed by atoms with E-state index in [0.717, 1.165) is 34.4 Å². The number of aliphatic hydroxyl groups is 1. The number of nitrogens with zero attached hydrogens (tertiary/aromatic N) is 2. The zero-order valence-electron chi connectivity index (χ0n) is 21.0. The Bertz CT molecular complexity index is 1350. The first-order valence-electron chi connectivity index (χ1n) is 12.2. The lowest BCUT2D eigenvalue weighted by Crippen LogP contribution is -2.29. The Labute approximate surface area is 211 Å². The minimum absolute atomic E-state index is 0.0420. The molecular formula is C30H30N2O4. The molecule has 0 bridgehead atoms. The lowest BCUT2D eigenvalue weighted by atomic mass is 9.85. The van der Waals surface area contributed by atoms with Crippen LogP contribution in [0.5, 0.6) is 5.75 Å². The summed E-state index contributed by atoms with van der Waals surface area (Å²) >= 11 is 0. The molecule has 0 saturated carbocycles. The Kier molecular flexibility index (Phi) is 5.91. The predicted molar refractivity (Wildman–Crippen MR) is 137 cm³/mol. The van der Waals surface area contributed by atoms with E-state index >= 15 is 0 Å². The summed E-state index contributed by atoms with van der Waals surface area (Å²) in [7, 11) is 0. The zero-order valence-corrected chi connectivity index (χ0v) is 21.0. The number of Topliss-reactive ketones (excluding diaryl/α,β-unsaturated/α-hetero) is 1. The van der Waals surface area contributed by atoms with Gasteiger partial charge in [0.2, 0.25) is 0 Å². The Hall–Kier alpha value is -3.93. The third-order valence-corrected chi connectivity index (χ3v) is 6.88. The van der Waals surface area contributed by atoms with Gasteiger partial charge >= 0.3 is 0 Å². The molecule has 36 heavy (non-hydrogen) atoms. The molecule has 2 atom stereocenters. The van der Waals surface area contributed by atoms with Gasteiger partial charge in [0.05, 0.1) is 11.6 Å². The van der Waals surface area contributed by atoms with Crippen LogP contribution in [0.15, 0.2) is 72.6 Å². The summed E-state index contributed by atoms with van der Waals surface area (Å²) in [6.45, 7) is 8.60. The number of aromatic nitrogens is 1. The molecule has 2 aliphatic rings. The number of hydrogen-bond donors (Lipinski definition) is 1. The van der Waals surface area contributed by atoms with Crippen molar-refractivity contribution in [3.63, 3.8) is 0 Å². The Morgan fingerprint density at radius 1 is 1.11 bits per heavy atom. The van der Waals surface area contributed by atoms with Gasteiger partial charge in [-0.25, -0.2) is 0 Å². The molecule has 6 heteroatoms. The van der Waals surface area contributed by atoms with Crippen LogP contribution >= 0.6 is 0 Å². The number of carbonyl (C=O) groups is 2. The van der Waals surface area contributed by atoms with E-state index in [1.165, 1.54) is 4.90 Å². The van der Waals surface area contributed by atoms with Crippen LogP contribution in [0.4, 0.5) is 0 Å². The van der Waals surface area contributed by atoms with E-state index < -0.39 is 17.7 Å². The van der Waals surface area contributed by atoms with Crippen molar-refractivity contribution in [2.24, 2.45) is 0 Å². The Balaban J connectivity index is 1.62. The topological polar surface area (TPSA) is 79.7 Å². The van der Waals surface area contributed by atoms with E-state index in [9.17, 15) is 14.7 Å². The van der Waals surface area contributed by atoms with Gasteiger partial charge in [0.1, 0.15) is 17.6 Å². The molecule has 1 saturated heterocycles. The molecule has 0 radical (unpaired) electrons. The fourth-order valence-corrected chi connectivity index (χ4v) is 4.97.